The van der Waals surface area contributed by atoms with E-state index in [0.717, 1.165) is 6.26 Å². The van der Waals surface area contributed by atoms with Crippen molar-refractivity contribution < 1.29 is 8.42 Å². The molecule has 0 spiro atoms. The Hall–Kier alpha value is -0.970. The Labute approximate surface area is 58.9 Å². The first kappa shape index (κ1) is 7.14. The van der Waals surface area contributed by atoms with Gasteiger partial charge < -0.3 is 0 Å². The van der Waals surface area contributed by atoms with E-state index >= 15 is 0 Å². The number of aromatic nitrogens is 2. The van der Waals surface area contributed by atoms with Crippen LogP contribution in [0.4, 0.5) is 0 Å². The molecule has 0 atom stereocenters. The molecule has 54 valence electrons. The molecule has 1 rings (SSSR count). The van der Waals surface area contributed by atoms with E-state index in [1.54, 1.807) is 0 Å². The van der Waals surface area contributed by atoms with Crippen LogP contribution in [0.3, 0.4) is 0 Å². The lowest BCUT2D eigenvalue weighted by molar-refractivity contribution is 0.601. The molecule has 1 aromatic heterocycles. The van der Waals surface area contributed by atoms with Crippen molar-refractivity contribution in [3.8, 4) is 0 Å². The van der Waals surface area contributed by atoms with Crippen LogP contribution < -0.4 is 0 Å². The summed E-state index contributed by atoms with van der Waals surface area (Å²) in [5, 5.41) is 0. The van der Waals surface area contributed by atoms with Gasteiger partial charge in [-0.2, -0.15) is 0 Å². The molecule has 0 aliphatic heterocycles. The Balaban J connectivity index is 3.22. The Kier molecular flexibility index (Phi) is 1.67. The van der Waals surface area contributed by atoms with Crippen LogP contribution in [0.15, 0.2) is 23.6 Å². The largest absolute Gasteiger partial charge is 0.243 e. The smallest absolute Gasteiger partial charge is 0.178 e. The molecule has 0 unspecified atom stereocenters. The summed E-state index contributed by atoms with van der Waals surface area (Å²) in [4.78, 5) is 7.27. The maximum absolute atomic E-state index is 10.8. The van der Waals surface area contributed by atoms with E-state index in [1.807, 2.05) is 0 Å². The van der Waals surface area contributed by atoms with Gasteiger partial charge in [-0.15, -0.1) is 0 Å². The number of hydrogen-bond acceptors (Lipinski definition) is 4. The van der Waals surface area contributed by atoms with Gasteiger partial charge in [-0.25, -0.2) is 18.4 Å². The number of hydrogen-bond donors (Lipinski definition) is 0. The van der Waals surface area contributed by atoms with Crippen molar-refractivity contribution in [2.45, 2.75) is 4.90 Å². The third-order valence-corrected chi connectivity index (χ3v) is 2.03. The highest BCUT2D eigenvalue weighted by Gasteiger charge is 2.04. The van der Waals surface area contributed by atoms with Gasteiger partial charge in [0.2, 0.25) is 0 Å². The molecule has 0 aromatic carbocycles. The number of sulfone groups is 1. The zero-order chi connectivity index (χ0) is 7.61. The molecule has 0 bridgehead atoms. The van der Waals surface area contributed by atoms with E-state index < -0.39 is 9.84 Å². The fourth-order valence-corrected chi connectivity index (χ4v) is 0.982. The second-order valence-corrected chi connectivity index (χ2v) is 3.86. The highest BCUT2D eigenvalue weighted by atomic mass is 32.2. The van der Waals surface area contributed by atoms with E-state index in [2.05, 4.69) is 9.97 Å². The first-order valence-electron chi connectivity index (χ1n) is 2.56. The molecule has 0 amide bonds. The molecule has 0 saturated carbocycles. The van der Waals surface area contributed by atoms with Crippen LogP contribution in [0.2, 0.25) is 0 Å². The topological polar surface area (TPSA) is 59.9 Å². The van der Waals surface area contributed by atoms with E-state index in [4.69, 9.17) is 0 Å². The zero-order valence-electron chi connectivity index (χ0n) is 5.35. The molecule has 1 aromatic rings. The summed E-state index contributed by atoms with van der Waals surface area (Å²) in [5.74, 6) is 0. The van der Waals surface area contributed by atoms with Crippen molar-refractivity contribution in [3.63, 3.8) is 0 Å². The normalized spacial score (nSPS) is 11.3. The lowest BCUT2D eigenvalue weighted by Crippen LogP contribution is -1.97. The van der Waals surface area contributed by atoms with Crippen LogP contribution in [0.5, 0.6) is 0 Å². The van der Waals surface area contributed by atoms with Crippen molar-refractivity contribution in [3.05, 3.63) is 18.7 Å². The molecule has 5 heteroatoms. The summed E-state index contributed by atoms with van der Waals surface area (Å²) in [6.45, 7) is 0. The Morgan fingerprint density at radius 3 is 2.10 bits per heavy atom. The predicted octanol–water partition coefficient (Wildman–Crippen LogP) is -0.120. The van der Waals surface area contributed by atoms with Crippen LogP contribution in [0, 0.1) is 0 Å². The Morgan fingerprint density at radius 2 is 1.80 bits per heavy atom. The van der Waals surface area contributed by atoms with Crippen molar-refractivity contribution in [2.75, 3.05) is 6.26 Å². The second-order valence-electron chi connectivity index (χ2n) is 1.85. The molecular formula is C5H6N2O2S. The van der Waals surface area contributed by atoms with E-state index in [0.29, 0.717) is 0 Å². The Bertz CT molecular complexity index is 306. The number of nitrogens with zero attached hydrogens (tertiary/aromatic N) is 2. The molecule has 0 aliphatic carbocycles. The van der Waals surface area contributed by atoms with Gasteiger partial charge in [-0.3, -0.25) is 0 Å². The van der Waals surface area contributed by atoms with Gasteiger partial charge in [-0.05, 0) is 0 Å². The first-order chi connectivity index (χ1) is 4.61. The first-order valence-corrected chi connectivity index (χ1v) is 4.45. The zero-order valence-corrected chi connectivity index (χ0v) is 6.17. The summed E-state index contributed by atoms with van der Waals surface area (Å²) < 4.78 is 21.5. The third kappa shape index (κ3) is 1.51. The molecule has 4 nitrogen and oxygen atoms in total. The highest BCUT2D eigenvalue weighted by Crippen LogP contribution is 2.01. The number of rotatable bonds is 1. The summed E-state index contributed by atoms with van der Waals surface area (Å²) in [6, 6.07) is 0. The standard InChI is InChI=1S/C5H6N2O2S/c1-10(8,9)5-2-6-4-7-3-5/h2-4H,1H3. The van der Waals surface area contributed by atoms with Crippen LogP contribution in [0.25, 0.3) is 0 Å². The molecule has 0 fully saturated rings. The summed E-state index contributed by atoms with van der Waals surface area (Å²) >= 11 is 0. The van der Waals surface area contributed by atoms with Gasteiger partial charge in [0.15, 0.2) is 9.84 Å². The monoisotopic (exact) mass is 158 g/mol. The molecule has 10 heavy (non-hydrogen) atoms. The van der Waals surface area contributed by atoms with Gasteiger partial charge >= 0.3 is 0 Å². The van der Waals surface area contributed by atoms with Crippen LogP contribution in [-0.2, 0) is 9.84 Å². The minimum atomic E-state index is -3.13. The van der Waals surface area contributed by atoms with E-state index in [9.17, 15) is 8.42 Å². The highest BCUT2D eigenvalue weighted by molar-refractivity contribution is 7.90. The molecular weight excluding hydrogens is 152 g/mol. The quantitative estimate of drug-likeness (QED) is 0.571. The lowest BCUT2D eigenvalue weighted by atomic mass is 10.7. The minimum Gasteiger partial charge on any atom is -0.243 e. The van der Waals surface area contributed by atoms with Crippen molar-refractivity contribution in [1.29, 1.82) is 0 Å². The fourth-order valence-electron chi connectivity index (χ4n) is 0.477. The molecule has 0 aliphatic rings. The summed E-state index contributed by atoms with van der Waals surface area (Å²) in [6.07, 6.45) is 4.94. The SMILES string of the molecule is CS(=O)(=O)c1cncnc1. The fraction of sp³-hybridized carbons (Fsp3) is 0.200. The molecule has 0 N–H and O–H groups in total. The summed E-state index contributed by atoms with van der Waals surface area (Å²) in [5.41, 5.74) is 0. The van der Waals surface area contributed by atoms with Gasteiger partial charge in [0, 0.05) is 18.6 Å². The van der Waals surface area contributed by atoms with Crippen LogP contribution >= 0.6 is 0 Å². The van der Waals surface area contributed by atoms with Crippen molar-refractivity contribution in [2.24, 2.45) is 0 Å². The summed E-state index contributed by atoms with van der Waals surface area (Å²) in [7, 11) is -3.13. The second kappa shape index (κ2) is 2.34. The molecule has 0 saturated heterocycles. The Morgan fingerprint density at radius 1 is 1.30 bits per heavy atom. The van der Waals surface area contributed by atoms with E-state index in [1.165, 1.54) is 18.7 Å². The predicted molar refractivity (Wildman–Crippen MR) is 35.1 cm³/mol. The minimum absolute atomic E-state index is 0.148. The van der Waals surface area contributed by atoms with Gasteiger partial charge in [0.05, 0.1) is 0 Å². The third-order valence-electron chi connectivity index (χ3n) is 0.965. The van der Waals surface area contributed by atoms with Crippen molar-refractivity contribution >= 4 is 9.84 Å². The maximum atomic E-state index is 10.8. The average Bonchev–Trinajstić information content (AvgIpc) is 1.88. The molecule has 0 radical (unpaired) electrons. The molecule has 1 heterocycles. The van der Waals surface area contributed by atoms with Gasteiger partial charge in [-0.1, -0.05) is 0 Å². The average molecular weight is 158 g/mol. The lowest BCUT2D eigenvalue weighted by Gasteiger charge is -1.92. The van der Waals surface area contributed by atoms with E-state index in [-0.39, 0.29) is 4.90 Å². The maximum Gasteiger partial charge on any atom is 0.178 e. The van der Waals surface area contributed by atoms with Crippen LogP contribution in [-0.4, -0.2) is 24.6 Å². The van der Waals surface area contributed by atoms with Crippen molar-refractivity contribution in [1.82, 2.24) is 9.97 Å². The van der Waals surface area contributed by atoms with Gasteiger partial charge in [0.1, 0.15) is 11.2 Å². The van der Waals surface area contributed by atoms with Gasteiger partial charge in [0.25, 0.3) is 0 Å². The van der Waals surface area contributed by atoms with Crippen LogP contribution in [0.1, 0.15) is 0 Å².